The Kier molecular flexibility index (Phi) is 29.7. The van der Waals surface area contributed by atoms with Crippen molar-refractivity contribution in [2.75, 3.05) is 6.61 Å². The lowest BCUT2D eigenvalue weighted by Gasteiger charge is -2.11. The number of aliphatic carboxylic acids is 1. The molecule has 0 aromatic heterocycles. The molecule has 0 heterocycles. The van der Waals surface area contributed by atoms with Gasteiger partial charge in [-0.15, -0.1) is 0 Å². The van der Waals surface area contributed by atoms with E-state index in [0.717, 1.165) is 19.3 Å². The number of carboxylic acids is 1. The Balaban J connectivity index is 3.33. The molecule has 0 rings (SSSR count). The summed E-state index contributed by atoms with van der Waals surface area (Å²) in [4.78, 5) is 23.0. The van der Waals surface area contributed by atoms with Gasteiger partial charge in [0.1, 0.15) is 6.61 Å². The third-order valence-corrected chi connectivity index (χ3v) is 7.69. The first-order chi connectivity index (χ1) is 19.1. The number of esters is 1. The molecule has 4 heteroatoms. The van der Waals surface area contributed by atoms with Crippen LogP contribution in [0.2, 0.25) is 0 Å². The van der Waals surface area contributed by atoms with Crippen molar-refractivity contribution in [3.8, 4) is 0 Å². The molecule has 4 nitrogen and oxygen atoms in total. The molecule has 0 aliphatic carbocycles. The average Bonchev–Trinajstić information content (AvgIpc) is 2.93. The molecule has 0 spiro atoms. The fourth-order valence-electron chi connectivity index (χ4n) is 5.13. The first kappa shape index (κ1) is 37.4. The van der Waals surface area contributed by atoms with Gasteiger partial charge >= 0.3 is 11.9 Å². The predicted octanol–water partition coefficient (Wildman–Crippen LogP) is 11.1. The van der Waals surface area contributed by atoms with E-state index in [1.807, 2.05) is 0 Å². The second kappa shape index (κ2) is 31.0. The van der Waals surface area contributed by atoms with Crippen LogP contribution in [0, 0.1) is 5.92 Å². The molecule has 0 bridgehead atoms. The highest BCUT2D eigenvalue weighted by Crippen LogP contribution is 2.18. The predicted molar refractivity (Wildman–Crippen MR) is 167 cm³/mol. The van der Waals surface area contributed by atoms with Gasteiger partial charge in [-0.3, -0.25) is 9.59 Å². The van der Waals surface area contributed by atoms with E-state index in [1.54, 1.807) is 0 Å². The summed E-state index contributed by atoms with van der Waals surface area (Å²) in [7, 11) is 0. The Morgan fingerprint density at radius 2 is 1.03 bits per heavy atom. The monoisotopic (exact) mass is 548 g/mol. The van der Waals surface area contributed by atoms with Gasteiger partial charge in [-0.05, 0) is 32.1 Å². The van der Waals surface area contributed by atoms with Crippen molar-refractivity contribution in [1.29, 1.82) is 0 Å². The zero-order valence-corrected chi connectivity index (χ0v) is 25.8. The smallest absolute Gasteiger partial charge is 0.307 e. The molecule has 0 fully saturated rings. The molecule has 0 amide bonds. The van der Waals surface area contributed by atoms with Gasteiger partial charge in [0.05, 0.1) is 12.3 Å². The number of rotatable bonds is 31. The van der Waals surface area contributed by atoms with Crippen LogP contribution >= 0.6 is 0 Å². The standard InChI is InChI=1S/C35H64O4/c1-3-5-6-7-8-9-10-11-12-13-14-15-16-17-18-19-20-21-22-23-24-25-26-27-28-29-30-33(35(37)38)32-34(36)39-31-4-2/h4,14-15,33H,2-3,5-13,16-32H2,1H3,(H,37,38)/b15-14+. The molecule has 228 valence electrons. The first-order valence-corrected chi connectivity index (χ1v) is 16.8. The summed E-state index contributed by atoms with van der Waals surface area (Å²) < 4.78 is 4.91. The lowest BCUT2D eigenvalue weighted by atomic mass is 9.97. The van der Waals surface area contributed by atoms with Crippen LogP contribution < -0.4 is 0 Å². The minimum atomic E-state index is -0.901. The largest absolute Gasteiger partial charge is 0.481 e. The summed E-state index contributed by atoms with van der Waals surface area (Å²) >= 11 is 0. The Hall–Kier alpha value is -1.58. The molecule has 0 aliphatic heterocycles. The highest BCUT2D eigenvalue weighted by Gasteiger charge is 2.21. The molecule has 0 saturated carbocycles. The van der Waals surface area contributed by atoms with Crippen molar-refractivity contribution >= 4 is 11.9 Å². The molecule has 0 saturated heterocycles. The van der Waals surface area contributed by atoms with Crippen LogP contribution in [0.1, 0.15) is 174 Å². The topological polar surface area (TPSA) is 63.6 Å². The van der Waals surface area contributed by atoms with Gasteiger partial charge in [-0.1, -0.05) is 160 Å². The summed E-state index contributed by atoms with van der Waals surface area (Å²) in [5, 5.41) is 9.31. The van der Waals surface area contributed by atoms with Crippen molar-refractivity contribution in [2.24, 2.45) is 5.92 Å². The Labute approximate surface area is 242 Å². The summed E-state index contributed by atoms with van der Waals surface area (Å²) in [6, 6.07) is 0. The third-order valence-electron chi connectivity index (χ3n) is 7.69. The Morgan fingerprint density at radius 3 is 1.41 bits per heavy atom. The second-order valence-corrected chi connectivity index (χ2v) is 11.5. The van der Waals surface area contributed by atoms with E-state index >= 15 is 0 Å². The maximum atomic E-state index is 11.6. The number of carbonyl (C=O) groups excluding carboxylic acids is 1. The van der Waals surface area contributed by atoms with Crippen LogP contribution in [0.15, 0.2) is 24.8 Å². The normalized spacial score (nSPS) is 12.1. The van der Waals surface area contributed by atoms with E-state index in [-0.39, 0.29) is 13.0 Å². The molecule has 0 aromatic rings. The Morgan fingerprint density at radius 1 is 0.641 bits per heavy atom. The van der Waals surface area contributed by atoms with Gasteiger partial charge in [0, 0.05) is 0 Å². The van der Waals surface area contributed by atoms with Crippen LogP contribution in [-0.2, 0) is 14.3 Å². The lowest BCUT2D eigenvalue weighted by Crippen LogP contribution is -2.19. The minimum absolute atomic E-state index is 0.0420. The van der Waals surface area contributed by atoms with E-state index in [9.17, 15) is 14.7 Å². The van der Waals surface area contributed by atoms with Gasteiger partial charge in [0.15, 0.2) is 0 Å². The Bertz CT molecular complexity index is 583. The molecule has 39 heavy (non-hydrogen) atoms. The summed E-state index contributed by atoms with van der Waals surface area (Å²) in [6.45, 7) is 5.92. The van der Waals surface area contributed by atoms with Gasteiger partial charge in [0.25, 0.3) is 0 Å². The van der Waals surface area contributed by atoms with Crippen molar-refractivity contribution in [3.05, 3.63) is 24.8 Å². The maximum Gasteiger partial charge on any atom is 0.307 e. The lowest BCUT2D eigenvalue weighted by molar-refractivity contribution is -0.151. The molecular formula is C35H64O4. The number of ether oxygens (including phenoxy) is 1. The zero-order valence-electron chi connectivity index (χ0n) is 25.8. The third kappa shape index (κ3) is 29.2. The van der Waals surface area contributed by atoms with Gasteiger partial charge in [-0.25, -0.2) is 0 Å². The summed E-state index contributed by atoms with van der Waals surface area (Å²) in [5.74, 6) is -1.98. The minimum Gasteiger partial charge on any atom is -0.481 e. The number of hydrogen-bond donors (Lipinski definition) is 1. The van der Waals surface area contributed by atoms with Crippen LogP contribution in [0.25, 0.3) is 0 Å². The second-order valence-electron chi connectivity index (χ2n) is 11.5. The van der Waals surface area contributed by atoms with E-state index in [4.69, 9.17) is 4.74 Å². The fraction of sp³-hybridized carbons (Fsp3) is 0.829. The van der Waals surface area contributed by atoms with E-state index in [1.165, 1.54) is 141 Å². The molecular weight excluding hydrogens is 484 g/mol. The van der Waals surface area contributed by atoms with Crippen LogP contribution in [0.5, 0.6) is 0 Å². The van der Waals surface area contributed by atoms with Gasteiger partial charge in [0.2, 0.25) is 0 Å². The van der Waals surface area contributed by atoms with Gasteiger partial charge < -0.3 is 9.84 Å². The van der Waals surface area contributed by atoms with E-state index < -0.39 is 17.9 Å². The SMILES string of the molecule is C=CCOC(=O)CC(CCCCCCCCCCCCCCC/C=C/CCCCCCCCCCC)C(=O)O. The molecule has 0 radical (unpaired) electrons. The number of carbonyl (C=O) groups is 2. The van der Waals surface area contributed by atoms with Crippen molar-refractivity contribution in [3.63, 3.8) is 0 Å². The molecule has 1 unspecified atom stereocenters. The molecule has 0 aromatic carbocycles. The number of hydrogen-bond acceptors (Lipinski definition) is 3. The summed E-state index contributed by atoms with van der Waals surface area (Å²) in [5.41, 5.74) is 0. The highest BCUT2D eigenvalue weighted by atomic mass is 16.5. The van der Waals surface area contributed by atoms with E-state index in [0.29, 0.717) is 6.42 Å². The fourth-order valence-corrected chi connectivity index (χ4v) is 5.13. The highest BCUT2D eigenvalue weighted by molar-refractivity contribution is 5.78. The first-order valence-electron chi connectivity index (χ1n) is 16.8. The number of carboxylic acid groups (broad SMARTS) is 1. The molecule has 1 N–H and O–H groups in total. The van der Waals surface area contributed by atoms with Crippen LogP contribution in [0.4, 0.5) is 0 Å². The quantitative estimate of drug-likeness (QED) is 0.0531. The van der Waals surface area contributed by atoms with Crippen LogP contribution in [-0.4, -0.2) is 23.7 Å². The van der Waals surface area contributed by atoms with Gasteiger partial charge in [-0.2, -0.15) is 0 Å². The average molecular weight is 549 g/mol. The maximum absolute atomic E-state index is 11.6. The van der Waals surface area contributed by atoms with Crippen LogP contribution in [0.3, 0.4) is 0 Å². The molecule has 0 aliphatic rings. The zero-order chi connectivity index (χ0) is 28.7. The summed E-state index contributed by atoms with van der Waals surface area (Å²) in [6.07, 6.45) is 38.5. The van der Waals surface area contributed by atoms with E-state index in [2.05, 4.69) is 25.7 Å². The number of unbranched alkanes of at least 4 members (excludes halogenated alkanes) is 22. The van der Waals surface area contributed by atoms with Crippen molar-refractivity contribution < 1.29 is 19.4 Å². The molecule has 1 atom stereocenters. The van der Waals surface area contributed by atoms with Crippen molar-refractivity contribution in [2.45, 2.75) is 174 Å². The number of allylic oxidation sites excluding steroid dienone is 2. The van der Waals surface area contributed by atoms with Crippen molar-refractivity contribution in [1.82, 2.24) is 0 Å².